The Bertz CT molecular complexity index is 770. The first-order chi connectivity index (χ1) is 10.9. The Morgan fingerprint density at radius 1 is 0.870 bits per heavy atom. The summed E-state index contributed by atoms with van der Waals surface area (Å²) in [4.78, 5) is 51.9. The van der Waals surface area contributed by atoms with Crippen molar-refractivity contribution >= 4 is 34.6 Å². The van der Waals surface area contributed by atoms with Gasteiger partial charge in [0.15, 0.2) is 0 Å². The zero-order valence-corrected chi connectivity index (χ0v) is 12.2. The summed E-state index contributed by atoms with van der Waals surface area (Å²) in [6.45, 7) is 1.04. The number of rotatable bonds is 8. The van der Waals surface area contributed by atoms with Crippen LogP contribution in [0.1, 0.15) is 30.1 Å². The predicted molar refractivity (Wildman–Crippen MR) is 78.0 cm³/mol. The molecule has 1 rings (SSSR count). The predicted octanol–water partition coefficient (Wildman–Crippen LogP) is 0.718. The summed E-state index contributed by atoms with van der Waals surface area (Å²) >= 11 is 0. The van der Waals surface area contributed by atoms with E-state index >= 15 is 0 Å². The van der Waals surface area contributed by atoms with Crippen molar-refractivity contribution in [3.8, 4) is 0 Å². The maximum atomic E-state index is 12.0. The smallest absolute Gasteiger partial charge is 0.360 e. The first-order valence-corrected chi connectivity index (χ1v) is 6.53. The lowest BCUT2D eigenvalue weighted by molar-refractivity contribution is -0.125. The molecule has 0 saturated carbocycles. The van der Waals surface area contributed by atoms with Crippen molar-refractivity contribution in [2.24, 2.45) is 0 Å². The summed E-state index contributed by atoms with van der Waals surface area (Å²) < 4.78 is 0. The summed E-state index contributed by atoms with van der Waals surface area (Å²) in [6, 6.07) is 7.71. The van der Waals surface area contributed by atoms with E-state index in [9.17, 15) is 19.2 Å². The van der Waals surface area contributed by atoms with E-state index in [-0.39, 0.29) is 5.56 Å². The van der Waals surface area contributed by atoms with Crippen LogP contribution in [0, 0.1) is 0 Å². The van der Waals surface area contributed by atoms with Gasteiger partial charge in [-0.3, -0.25) is 19.2 Å². The topological polar surface area (TPSA) is 141 Å². The van der Waals surface area contributed by atoms with Crippen LogP contribution in [0.2, 0.25) is 0 Å². The van der Waals surface area contributed by atoms with Gasteiger partial charge in [-0.05, 0) is 0 Å². The fourth-order valence-electron chi connectivity index (χ4n) is 1.74. The second kappa shape index (κ2) is 8.19. The van der Waals surface area contributed by atoms with E-state index in [0.717, 1.165) is 6.92 Å². The van der Waals surface area contributed by atoms with E-state index in [2.05, 4.69) is 9.58 Å². The largest absolute Gasteiger partial charge is 0.405 e. The van der Waals surface area contributed by atoms with Crippen LogP contribution in [-0.2, 0) is 14.4 Å². The van der Waals surface area contributed by atoms with Gasteiger partial charge < -0.3 is 11.1 Å². The molecule has 1 aromatic rings. The highest BCUT2D eigenvalue weighted by molar-refractivity contribution is 6.68. The van der Waals surface area contributed by atoms with E-state index in [1.165, 1.54) is 12.1 Å². The average Bonchev–Trinajstić information content (AvgIpc) is 2.54. The molecule has 0 saturated heterocycles. The van der Waals surface area contributed by atoms with Gasteiger partial charge >= 0.3 is 11.4 Å². The maximum Gasteiger partial charge on any atom is 0.405 e. The quantitative estimate of drug-likeness (QED) is 0.229. The minimum absolute atomic E-state index is 0.154. The van der Waals surface area contributed by atoms with Crippen molar-refractivity contribution in [3.05, 3.63) is 47.0 Å². The van der Waals surface area contributed by atoms with Crippen LogP contribution in [0.15, 0.2) is 30.3 Å². The van der Waals surface area contributed by atoms with Crippen molar-refractivity contribution in [1.29, 1.82) is 0 Å². The van der Waals surface area contributed by atoms with Gasteiger partial charge in [0, 0.05) is 25.3 Å². The Morgan fingerprint density at radius 2 is 1.35 bits per heavy atom. The normalized spacial score (nSPS) is 9.26. The van der Waals surface area contributed by atoms with Gasteiger partial charge in [-0.2, -0.15) is 9.58 Å². The number of hydrogen-bond acceptors (Lipinski definition) is 4. The van der Waals surface area contributed by atoms with Gasteiger partial charge in [-0.1, -0.05) is 30.3 Å². The molecule has 0 spiro atoms. The van der Waals surface area contributed by atoms with E-state index in [4.69, 9.17) is 11.1 Å². The molecule has 0 amide bonds. The number of carbonyl (C=O) groups is 4. The zero-order valence-electron chi connectivity index (χ0n) is 12.2. The molecule has 0 radical (unpaired) electrons. The first kappa shape index (κ1) is 17.7. The van der Waals surface area contributed by atoms with Crippen molar-refractivity contribution in [2.75, 3.05) is 0 Å². The Hall–Kier alpha value is -3.34. The summed E-state index contributed by atoms with van der Waals surface area (Å²) in [6.07, 6.45) is -0.929. The third-order valence-corrected chi connectivity index (χ3v) is 2.89. The van der Waals surface area contributed by atoms with Crippen molar-refractivity contribution in [2.45, 2.75) is 19.8 Å². The first-order valence-electron chi connectivity index (χ1n) is 6.53. The molecule has 23 heavy (non-hydrogen) atoms. The maximum absolute atomic E-state index is 12.0. The lowest BCUT2D eigenvalue weighted by atomic mass is 9.99. The monoisotopic (exact) mass is 312 g/mol. The summed E-state index contributed by atoms with van der Waals surface area (Å²) in [5.41, 5.74) is 16.2. The van der Waals surface area contributed by atoms with Gasteiger partial charge in [-0.15, -0.1) is 0 Å². The molecule has 0 fully saturated rings. The van der Waals surface area contributed by atoms with Crippen LogP contribution in [0.3, 0.4) is 0 Å². The van der Waals surface area contributed by atoms with E-state index < -0.39 is 47.4 Å². The number of ketones is 4. The molecule has 0 N–H and O–H groups in total. The molecule has 0 heterocycles. The number of Topliss-reactive ketones (excluding diaryl/α,β-unsaturated/α-hetero) is 4. The van der Waals surface area contributed by atoms with E-state index in [1.54, 1.807) is 18.2 Å². The van der Waals surface area contributed by atoms with Crippen LogP contribution < -0.4 is 0 Å². The average molecular weight is 312 g/mol. The molecule has 0 aliphatic rings. The van der Waals surface area contributed by atoms with Gasteiger partial charge in [0.25, 0.3) is 5.78 Å². The molecule has 0 atom stereocenters. The lowest BCUT2D eigenvalue weighted by Crippen LogP contribution is -2.28. The van der Waals surface area contributed by atoms with Crippen LogP contribution in [0.5, 0.6) is 0 Å². The molecule has 116 valence electrons. The Morgan fingerprint density at radius 3 is 1.78 bits per heavy atom. The fraction of sp³-hybridized carbons (Fsp3) is 0.200. The van der Waals surface area contributed by atoms with E-state index in [1.807, 2.05) is 0 Å². The number of benzene rings is 1. The minimum atomic E-state index is -0.865. The molecule has 0 aliphatic heterocycles. The van der Waals surface area contributed by atoms with Crippen LogP contribution >= 0.6 is 0 Å². The zero-order chi connectivity index (χ0) is 17.4. The number of nitrogens with zero attached hydrogens (tertiary/aromatic N) is 4. The number of hydrogen-bond donors (Lipinski definition) is 0. The van der Waals surface area contributed by atoms with Gasteiger partial charge in [0.2, 0.25) is 17.3 Å². The van der Waals surface area contributed by atoms with Crippen molar-refractivity contribution in [3.63, 3.8) is 0 Å². The van der Waals surface area contributed by atoms with E-state index in [0.29, 0.717) is 0 Å². The van der Waals surface area contributed by atoms with Crippen molar-refractivity contribution < 1.29 is 28.8 Å². The molecule has 8 heteroatoms. The lowest BCUT2D eigenvalue weighted by Gasteiger charge is -1.96. The summed E-state index contributed by atoms with van der Waals surface area (Å²) in [5, 5.41) is 0. The highest BCUT2D eigenvalue weighted by Gasteiger charge is 2.32. The van der Waals surface area contributed by atoms with Crippen LogP contribution in [0.4, 0.5) is 0 Å². The molecule has 0 aromatic heterocycles. The Balaban J connectivity index is 2.82. The van der Waals surface area contributed by atoms with Crippen LogP contribution in [0.25, 0.3) is 11.1 Å². The molecule has 8 nitrogen and oxygen atoms in total. The molecule has 0 unspecified atom stereocenters. The summed E-state index contributed by atoms with van der Waals surface area (Å²) in [7, 11) is 0. The Kier molecular flexibility index (Phi) is 6.30. The van der Waals surface area contributed by atoms with Gasteiger partial charge in [-0.25, -0.2) is 0 Å². The highest BCUT2D eigenvalue weighted by Crippen LogP contribution is 2.04. The van der Waals surface area contributed by atoms with Gasteiger partial charge in [0.1, 0.15) is 0 Å². The molecule has 0 aliphatic carbocycles. The standard InChI is InChI=1S/C15H12N4O4/c1-9(20)13(18-16)11(21)7-8-12(22)14(19-17)15(23)10-5-3-2-4-6-10/h2-6H,7-8H2,1H3. The second-order valence-corrected chi connectivity index (χ2v) is 4.49. The SMILES string of the molecule is CC(=O)C(=[N+]=[N-])C(=O)CCC(=O)C(=[N+]=[N-])C(=O)c1ccccc1. The Labute approximate surface area is 131 Å². The van der Waals surface area contributed by atoms with Gasteiger partial charge in [0.05, 0.1) is 0 Å². The third kappa shape index (κ3) is 4.57. The second-order valence-electron chi connectivity index (χ2n) is 4.49. The summed E-state index contributed by atoms with van der Waals surface area (Å²) in [5.74, 6) is -3.25. The molecule has 1 aromatic carbocycles. The fourth-order valence-corrected chi connectivity index (χ4v) is 1.74. The third-order valence-electron chi connectivity index (χ3n) is 2.89. The molecule has 0 bridgehead atoms. The molecular weight excluding hydrogens is 300 g/mol. The van der Waals surface area contributed by atoms with Crippen LogP contribution in [-0.4, -0.2) is 44.1 Å². The number of carbonyl (C=O) groups excluding carboxylic acids is 4. The van der Waals surface area contributed by atoms with Crippen molar-refractivity contribution in [1.82, 2.24) is 0 Å². The minimum Gasteiger partial charge on any atom is -0.360 e. The molecular formula is C15H12N4O4. The highest BCUT2D eigenvalue weighted by atomic mass is 16.2.